The molecule has 0 saturated carbocycles. The summed E-state index contributed by atoms with van der Waals surface area (Å²) in [5.74, 6) is 2.30. The lowest BCUT2D eigenvalue weighted by atomic mass is 9.78. The molecule has 8 aromatic carbocycles. The smallest absolute Gasteiger partial charge is 0.269 e. The number of aromatic nitrogens is 4. The maximum absolute atomic E-state index is 6.97. The highest BCUT2D eigenvalue weighted by atomic mass is 16.5. The molecule has 3 heterocycles. The molecule has 5 nitrogen and oxygen atoms in total. The van der Waals surface area contributed by atoms with Crippen molar-refractivity contribution in [3.8, 4) is 51.1 Å². The maximum Gasteiger partial charge on any atom is 0.269 e. The molecule has 11 aromatic rings. The average molecular weight is 867 g/mol. The molecule has 0 aliphatic heterocycles. The summed E-state index contributed by atoms with van der Waals surface area (Å²) in [6.45, 7) is 9.12. The van der Waals surface area contributed by atoms with Crippen LogP contribution in [0.2, 0.25) is 0 Å². The van der Waals surface area contributed by atoms with Crippen LogP contribution in [0.3, 0.4) is 0 Å². The fourth-order valence-corrected chi connectivity index (χ4v) is 9.49. The molecular formula is C62H50N4O. The molecule has 0 bridgehead atoms. The van der Waals surface area contributed by atoms with Crippen LogP contribution in [0.15, 0.2) is 231 Å². The van der Waals surface area contributed by atoms with Gasteiger partial charge in [-0.05, 0) is 99.6 Å². The number of hydrogen-bond acceptors (Lipinski definition) is 2. The Morgan fingerprint density at radius 1 is 0.463 bits per heavy atom. The zero-order valence-corrected chi connectivity index (χ0v) is 38.1. The summed E-state index contributed by atoms with van der Waals surface area (Å²) in [4.78, 5) is 4.99. The van der Waals surface area contributed by atoms with Crippen LogP contribution in [-0.2, 0) is 10.8 Å². The minimum absolute atomic E-state index is 0.208. The second-order valence-electron chi connectivity index (χ2n) is 18.3. The number of nitrogens with zero attached hydrogens (tertiary/aromatic N) is 4. The number of rotatable bonds is 11. The fraction of sp³-hybridized carbons (Fsp3) is 0.0968. The highest BCUT2D eigenvalue weighted by Gasteiger charge is 2.26. The van der Waals surface area contributed by atoms with Gasteiger partial charge in [0, 0.05) is 40.1 Å². The Morgan fingerprint density at radius 3 is 1.76 bits per heavy atom. The van der Waals surface area contributed by atoms with Crippen LogP contribution >= 0.6 is 0 Å². The molecule has 0 fully saturated rings. The van der Waals surface area contributed by atoms with Crippen molar-refractivity contribution in [3.63, 3.8) is 0 Å². The van der Waals surface area contributed by atoms with E-state index in [1.807, 2.05) is 12.3 Å². The van der Waals surface area contributed by atoms with Crippen LogP contribution in [0.25, 0.3) is 61.4 Å². The van der Waals surface area contributed by atoms with E-state index in [0.29, 0.717) is 5.75 Å². The monoisotopic (exact) mass is 866 g/mol. The highest BCUT2D eigenvalue weighted by molar-refractivity contribution is 6.09. The van der Waals surface area contributed by atoms with Gasteiger partial charge in [-0.15, -0.1) is 0 Å². The van der Waals surface area contributed by atoms with Gasteiger partial charge in [0.15, 0.2) is 0 Å². The van der Waals surface area contributed by atoms with E-state index < -0.39 is 0 Å². The van der Waals surface area contributed by atoms with Gasteiger partial charge >= 0.3 is 0 Å². The van der Waals surface area contributed by atoms with Gasteiger partial charge in [-0.1, -0.05) is 179 Å². The van der Waals surface area contributed by atoms with Crippen molar-refractivity contribution >= 4 is 21.8 Å². The molecule has 0 aliphatic carbocycles. The number of fused-ring (bicyclic) bond motifs is 3. The van der Waals surface area contributed by atoms with Crippen LogP contribution in [0, 0.1) is 6.33 Å². The topological polar surface area (TPSA) is 35.9 Å². The van der Waals surface area contributed by atoms with Gasteiger partial charge in [-0.25, -0.2) is 4.98 Å². The Kier molecular flexibility index (Phi) is 10.5. The van der Waals surface area contributed by atoms with Crippen molar-refractivity contribution in [2.75, 3.05) is 0 Å². The second kappa shape index (κ2) is 16.9. The first kappa shape index (κ1) is 41.4. The van der Waals surface area contributed by atoms with E-state index in [9.17, 15) is 0 Å². The molecule has 11 rings (SSSR count). The first-order valence-electron chi connectivity index (χ1n) is 22.9. The molecule has 0 unspecified atom stereocenters. The fourth-order valence-electron chi connectivity index (χ4n) is 9.49. The molecule has 5 heteroatoms. The standard InChI is InChI=1S/C62H50N4O/c1-61(2,47-24-13-7-14-25-47)49-28-19-29-51(38-49)65-43-64(42-59(65)45-22-11-6-12-23-45)52-36-46(44-20-9-5-10-21-44)37-54(40-52)67-53-32-33-56-55-30-17-18-31-57(55)66(58(56)41-53)60-39-50(34-35-63-60)62(3,4)48-26-15-8-16-27-48/h5-42H,1-4H3. The quantitative estimate of drug-likeness (QED) is 0.0959. The van der Waals surface area contributed by atoms with Gasteiger partial charge in [0.05, 0.1) is 28.1 Å². The van der Waals surface area contributed by atoms with Gasteiger partial charge in [-0.3, -0.25) is 13.7 Å². The number of imidazole rings is 1. The van der Waals surface area contributed by atoms with Crippen LogP contribution in [-0.4, -0.2) is 14.1 Å². The lowest BCUT2D eigenvalue weighted by Gasteiger charge is -2.27. The first-order chi connectivity index (χ1) is 32.7. The molecule has 324 valence electrons. The lowest BCUT2D eigenvalue weighted by Crippen LogP contribution is -2.32. The predicted molar refractivity (Wildman–Crippen MR) is 273 cm³/mol. The van der Waals surface area contributed by atoms with Gasteiger partial charge in [0.25, 0.3) is 6.33 Å². The molecular weight excluding hydrogens is 817 g/mol. The van der Waals surface area contributed by atoms with E-state index in [4.69, 9.17) is 9.72 Å². The largest absolute Gasteiger partial charge is 0.458 e. The number of hydrogen-bond donors (Lipinski definition) is 0. The molecule has 3 aromatic heterocycles. The Labute approximate surface area is 392 Å². The average Bonchev–Trinajstić information content (AvgIpc) is 3.98. The zero-order valence-electron chi connectivity index (χ0n) is 38.1. The van der Waals surface area contributed by atoms with Crippen LogP contribution in [0.4, 0.5) is 0 Å². The van der Waals surface area contributed by atoms with Crippen molar-refractivity contribution in [3.05, 3.63) is 259 Å². The summed E-state index contributed by atoms with van der Waals surface area (Å²) in [5, 5.41) is 2.29. The van der Waals surface area contributed by atoms with Crippen molar-refractivity contribution < 1.29 is 9.30 Å². The third-order valence-electron chi connectivity index (χ3n) is 13.4. The number of ether oxygens (including phenoxy) is 1. The highest BCUT2D eigenvalue weighted by Crippen LogP contribution is 2.39. The second-order valence-corrected chi connectivity index (χ2v) is 18.3. The Bertz CT molecular complexity index is 3530. The molecule has 0 spiro atoms. The molecule has 67 heavy (non-hydrogen) atoms. The SMILES string of the molecule is CC(C)(c1ccccc1)c1cccc(-[n+]2[c-]n(-c3cc(Oc4ccc5c6ccccc6n(-c6cc(C(C)(C)c7ccccc7)ccn6)c5c4)cc(-c4ccccc4)c3)cc2-c2ccccc2)c1. The van der Waals surface area contributed by atoms with E-state index in [1.54, 1.807) is 0 Å². The Morgan fingerprint density at radius 2 is 1.06 bits per heavy atom. The zero-order chi connectivity index (χ0) is 45.5. The lowest BCUT2D eigenvalue weighted by molar-refractivity contribution is -0.588. The van der Waals surface area contributed by atoms with Gasteiger partial charge in [0.1, 0.15) is 17.3 Å². The molecule has 0 saturated heterocycles. The summed E-state index contributed by atoms with van der Waals surface area (Å²) >= 11 is 0. The van der Waals surface area contributed by atoms with E-state index in [1.165, 1.54) is 22.3 Å². The van der Waals surface area contributed by atoms with Gasteiger partial charge in [-0.2, -0.15) is 0 Å². The van der Waals surface area contributed by atoms with Crippen LogP contribution in [0.5, 0.6) is 11.5 Å². The van der Waals surface area contributed by atoms with Crippen molar-refractivity contribution in [1.29, 1.82) is 0 Å². The normalized spacial score (nSPS) is 11.9. The molecule has 0 N–H and O–H groups in total. The minimum atomic E-state index is -0.227. The summed E-state index contributed by atoms with van der Waals surface area (Å²) in [7, 11) is 0. The third-order valence-corrected chi connectivity index (χ3v) is 13.4. The summed E-state index contributed by atoms with van der Waals surface area (Å²) < 4.78 is 13.5. The summed E-state index contributed by atoms with van der Waals surface area (Å²) in [5.41, 5.74) is 12.8. The van der Waals surface area contributed by atoms with Gasteiger partial charge < -0.3 is 4.74 Å². The number of pyridine rings is 1. The summed E-state index contributed by atoms with van der Waals surface area (Å²) in [6, 6.07) is 77.0. The van der Waals surface area contributed by atoms with Crippen molar-refractivity contribution in [1.82, 2.24) is 14.1 Å². The first-order valence-corrected chi connectivity index (χ1v) is 22.9. The summed E-state index contributed by atoms with van der Waals surface area (Å²) in [6.07, 6.45) is 7.86. The van der Waals surface area contributed by atoms with Gasteiger partial charge in [0.2, 0.25) is 0 Å². The van der Waals surface area contributed by atoms with E-state index >= 15 is 0 Å². The van der Waals surface area contributed by atoms with Crippen molar-refractivity contribution in [2.45, 2.75) is 38.5 Å². The number of benzene rings is 8. The molecule has 0 atom stereocenters. The van der Waals surface area contributed by atoms with E-state index in [0.717, 1.165) is 67.1 Å². The Hall–Kier alpha value is -8.28. The third kappa shape index (κ3) is 7.79. The Balaban J connectivity index is 1.02. The van der Waals surface area contributed by atoms with Crippen molar-refractivity contribution in [2.24, 2.45) is 0 Å². The van der Waals surface area contributed by atoms with Crippen LogP contribution in [0.1, 0.15) is 49.9 Å². The minimum Gasteiger partial charge on any atom is -0.458 e. The van der Waals surface area contributed by atoms with Crippen LogP contribution < -0.4 is 9.30 Å². The maximum atomic E-state index is 6.97. The predicted octanol–water partition coefficient (Wildman–Crippen LogP) is 14.8. The number of para-hydroxylation sites is 1. The molecule has 0 radical (unpaired) electrons. The molecule has 0 amide bonds. The van der Waals surface area contributed by atoms with E-state index in [2.05, 4.69) is 266 Å². The van der Waals surface area contributed by atoms with E-state index in [-0.39, 0.29) is 10.8 Å². The molecule has 0 aliphatic rings.